The summed E-state index contributed by atoms with van der Waals surface area (Å²) in [7, 11) is 0. The van der Waals surface area contributed by atoms with Crippen LogP contribution in [-0.4, -0.2) is 0 Å². The molecule has 11 aromatic carbocycles. The smallest absolute Gasteiger partial charge is 0.135 e. The lowest BCUT2D eigenvalue weighted by molar-refractivity contribution is 0.669. The summed E-state index contributed by atoms with van der Waals surface area (Å²) in [6.45, 7) is 0. The molecule has 2 nitrogen and oxygen atoms in total. The topological polar surface area (TPSA) is 16.4 Å². The largest absolute Gasteiger partial charge is 0.456 e. The molecule has 2 aromatic heterocycles. The van der Waals surface area contributed by atoms with Crippen molar-refractivity contribution in [2.45, 2.75) is 0 Å². The highest BCUT2D eigenvalue weighted by molar-refractivity contribution is 7.26. The molecule has 0 saturated carbocycles. The molecule has 0 bridgehead atoms. The molecule has 0 fully saturated rings. The van der Waals surface area contributed by atoms with Gasteiger partial charge in [-0.25, -0.2) is 0 Å². The number of rotatable bonds is 4. The van der Waals surface area contributed by atoms with Gasteiger partial charge < -0.3 is 9.32 Å². The highest BCUT2D eigenvalue weighted by atomic mass is 32.1. The quantitative estimate of drug-likeness (QED) is 0.176. The first kappa shape index (κ1) is 35.7. The minimum Gasteiger partial charge on any atom is -0.456 e. The van der Waals surface area contributed by atoms with Crippen LogP contribution in [0.3, 0.4) is 0 Å². The van der Waals surface area contributed by atoms with Crippen molar-refractivity contribution in [3.8, 4) is 11.1 Å². The van der Waals surface area contributed by atoms with E-state index < -0.39 is 0 Å². The first-order valence-corrected chi connectivity index (χ1v) is 22.3. The van der Waals surface area contributed by atoms with Gasteiger partial charge in [0.2, 0.25) is 0 Å². The van der Waals surface area contributed by atoms with Crippen LogP contribution in [0.15, 0.2) is 229 Å². The van der Waals surface area contributed by atoms with Gasteiger partial charge in [0.15, 0.2) is 0 Å². The SMILES string of the molecule is c1ccc(-c2ccccc2N(c2ccc3oc4ccccc4c3c2)c2ccc3c4ccccc4c4ccccc4c4ccccc4c4c(ccc5sc6ccccc6c54)c3c2)cc1. The van der Waals surface area contributed by atoms with E-state index in [0.29, 0.717) is 0 Å². The van der Waals surface area contributed by atoms with Crippen molar-refractivity contribution in [3.05, 3.63) is 224 Å². The number of fused-ring (bicyclic) bond motifs is 17. The van der Waals surface area contributed by atoms with Crippen molar-refractivity contribution >= 4 is 124 Å². The number of anilines is 3. The molecule has 0 spiro atoms. The number of benzene rings is 10. The summed E-state index contributed by atoms with van der Waals surface area (Å²) >= 11 is 1.87. The van der Waals surface area contributed by atoms with E-state index in [-0.39, 0.29) is 0 Å². The third-order valence-electron chi connectivity index (χ3n) is 12.9. The Morgan fingerprint density at radius 3 is 1.52 bits per heavy atom. The summed E-state index contributed by atoms with van der Waals surface area (Å²) in [5.74, 6) is 0. The fourth-order valence-electron chi connectivity index (χ4n) is 10.1. The molecule has 0 aliphatic carbocycles. The molecule has 0 unspecified atom stereocenters. The predicted molar refractivity (Wildman–Crippen MR) is 272 cm³/mol. The van der Waals surface area contributed by atoms with Gasteiger partial charge in [-0.05, 0) is 114 Å². The standard InChI is InChI=1S/C60H37NOS/c1-2-16-38(17-3-1)41-18-10-13-27-54(41)61(40-31-34-56-53(37-40)48-24-11-14-28-55(48)62-56)39-30-32-47-45-22-7-5-20-43(45)42-19-4-6-21-44(42)46-23-8-9-25-49(46)59-50(52(47)36-39)33-35-58-60(59)51-26-12-15-29-57(51)63-58/h1-37H. The van der Waals surface area contributed by atoms with Crippen LogP contribution in [0.25, 0.3) is 107 Å². The molecule has 0 amide bonds. The van der Waals surface area contributed by atoms with Crippen molar-refractivity contribution in [3.63, 3.8) is 0 Å². The summed E-state index contributed by atoms with van der Waals surface area (Å²) in [4.78, 5) is 2.44. The number of hydrogen-bond acceptors (Lipinski definition) is 3. The molecule has 0 N–H and O–H groups in total. The van der Waals surface area contributed by atoms with Crippen LogP contribution in [0.5, 0.6) is 0 Å². The van der Waals surface area contributed by atoms with E-state index in [1.165, 1.54) is 74.0 Å². The molecule has 13 rings (SSSR count). The van der Waals surface area contributed by atoms with E-state index in [9.17, 15) is 0 Å². The van der Waals surface area contributed by atoms with Crippen LogP contribution < -0.4 is 4.90 Å². The van der Waals surface area contributed by atoms with E-state index >= 15 is 0 Å². The Hall–Kier alpha value is -7.98. The van der Waals surface area contributed by atoms with Gasteiger partial charge >= 0.3 is 0 Å². The zero-order valence-electron chi connectivity index (χ0n) is 34.1. The third-order valence-corrected chi connectivity index (χ3v) is 14.0. The molecule has 3 heteroatoms. The molecule has 0 aliphatic heterocycles. The lowest BCUT2D eigenvalue weighted by atomic mass is 9.92. The van der Waals surface area contributed by atoms with Gasteiger partial charge in [0.05, 0.1) is 5.69 Å². The van der Waals surface area contributed by atoms with Crippen molar-refractivity contribution in [2.75, 3.05) is 4.90 Å². The van der Waals surface area contributed by atoms with Gasteiger partial charge in [-0.15, -0.1) is 11.3 Å². The highest BCUT2D eigenvalue weighted by Crippen LogP contribution is 2.47. The summed E-state index contributed by atoms with van der Waals surface area (Å²) in [5, 5.41) is 16.9. The molecular weight excluding hydrogens is 783 g/mol. The van der Waals surface area contributed by atoms with Crippen molar-refractivity contribution in [2.24, 2.45) is 0 Å². The highest BCUT2D eigenvalue weighted by Gasteiger charge is 2.21. The Balaban J connectivity index is 1.24. The van der Waals surface area contributed by atoms with E-state index in [2.05, 4.69) is 223 Å². The summed E-state index contributed by atoms with van der Waals surface area (Å²) in [5.41, 5.74) is 7.28. The zero-order valence-corrected chi connectivity index (χ0v) is 34.9. The van der Waals surface area contributed by atoms with E-state index in [0.717, 1.165) is 50.1 Å². The maximum absolute atomic E-state index is 6.38. The molecular formula is C60H37NOS. The molecule has 0 aliphatic rings. The first-order chi connectivity index (χ1) is 31.3. The normalized spacial score (nSPS) is 11.8. The number of furan rings is 1. The lowest BCUT2D eigenvalue weighted by Crippen LogP contribution is -2.11. The fourth-order valence-corrected chi connectivity index (χ4v) is 11.2. The van der Waals surface area contributed by atoms with E-state index in [1.54, 1.807) is 0 Å². The molecule has 0 radical (unpaired) electrons. The maximum atomic E-state index is 6.38. The lowest BCUT2D eigenvalue weighted by Gasteiger charge is -2.28. The van der Waals surface area contributed by atoms with Crippen LogP contribution in [0, 0.1) is 0 Å². The number of para-hydroxylation sites is 2. The van der Waals surface area contributed by atoms with Crippen LogP contribution in [0.1, 0.15) is 0 Å². The Morgan fingerprint density at radius 2 is 0.794 bits per heavy atom. The van der Waals surface area contributed by atoms with Crippen molar-refractivity contribution in [1.82, 2.24) is 0 Å². The Labute approximate surface area is 367 Å². The van der Waals surface area contributed by atoms with Crippen molar-refractivity contribution in [1.29, 1.82) is 0 Å². The Kier molecular flexibility index (Phi) is 8.12. The van der Waals surface area contributed by atoms with Gasteiger partial charge in [0, 0.05) is 47.9 Å². The molecule has 63 heavy (non-hydrogen) atoms. The van der Waals surface area contributed by atoms with Crippen LogP contribution >= 0.6 is 11.3 Å². The second-order valence-corrected chi connectivity index (χ2v) is 17.4. The van der Waals surface area contributed by atoms with Gasteiger partial charge in [-0.1, -0.05) is 170 Å². The molecule has 0 atom stereocenters. The average molecular weight is 820 g/mol. The number of hydrogen-bond donors (Lipinski definition) is 0. The maximum Gasteiger partial charge on any atom is 0.135 e. The minimum absolute atomic E-state index is 0.873. The average Bonchev–Trinajstić information content (AvgIpc) is 3.92. The van der Waals surface area contributed by atoms with E-state index in [1.807, 2.05) is 17.4 Å². The molecule has 2 heterocycles. The van der Waals surface area contributed by atoms with E-state index in [4.69, 9.17) is 4.42 Å². The van der Waals surface area contributed by atoms with Gasteiger partial charge in [-0.3, -0.25) is 0 Å². The second-order valence-electron chi connectivity index (χ2n) is 16.3. The zero-order chi connectivity index (χ0) is 41.4. The van der Waals surface area contributed by atoms with Crippen molar-refractivity contribution < 1.29 is 4.42 Å². The number of thiophene rings is 1. The summed E-state index contributed by atoms with van der Waals surface area (Å²) in [6.07, 6.45) is 0. The summed E-state index contributed by atoms with van der Waals surface area (Å²) < 4.78 is 8.96. The fraction of sp³-hybridized carbons (Fsp3) is 0. The third kappa shape index (κ3) is 5.64. The Bertz CT molecular complexity index is 4050. The monoisotopic (exact) mass is 819 g/mol. The predicted octanol–water partition coefficient (Wildman–Crippen LogP) is 18.0. The molecule has 0 saturated heterocycles. The summed E-state index contributed by atoms with van der Waals surface area (Å²) in [6, 6.07) is 82.2. The Morgan fingerprint density at radius 1 is 0.302 bits per heavy atom. The first-order valence-electron chi connectivity index (χ1n) is 21.5. The minimum atomic E-state index is 0.873. The van der Waals surface area contributed by atoms with Gasteiger partial charge in [-0.2, -0.15) is 0 Å². The van der Waals surface area contributed by atoms with Crippen LogP contribution in [0.4, 0.5) is 17.1 Å². The van der Waals surface area contributed by atoms with Crippen LogP contribution in [-0.2, 0) is 0 Å². The van der Waals surface area contributed by atoms with Gasteiger partial charge in [0.1, 0.15) is 11.2 Å². The second kappa shape index (κ2) is 14.3. The molecule has 13 aromatic rings. The number of nitrogens with zero attached hydrogens (tertiary/aromatic N) is 1. The van der Waals surface area contributed by atoms with Crippen LogP contribution in [0.2, 0.25) is 0 Å². The molecule has 294 valence electrons. The van der Waals surface area contributed by atoms with Gasteiger partial charge in [0.25, 0.3) is 0 Å².